The molecule has 21 heavy (non-hydrogen) atoms. The van der Waals surface area contributed by atoms with E-state index in [0.29, 0.717) is 17.9 Å². The van der Waals surface area contributed by atoms with E-state index in [9.17, 15) is 0 Å². The molecule has 2 aromatic carbocycles. The Bertz CT molecular complexity index is 642. The third-order valence-electron chi connectivity index (χ3n) is 3.84. The molecule has 0 aromatic heterocycles. The smallest absolute Gasteiger partial charge is 0.167 e. The fourth-order valence-corrected chi connectivity index (χ4v) is 2.81. The van der Waals surface area contributed by atoms with Gasteiger partial charge in [0, 0.05) is 23.6 Å². The zero-order chi connectivity index (χ0) is 14.8. The second-order valence-corrected chi connectivity index (χ2v) is 5.07. The van der Waals surface area contributed by atoms with Crippen LogP contribution in [-0.4, -0.2) is 14.2 Å². The number of methoxy groups -OCH3 is 2. The van der Waals surface area contributed by atoms with Gasteiger partial charge in [-0.1, -0.05) is 30.3 Å². The fraction of sp³-hybridized carbons (Fsp3) is 0.294. The summed E-state index contributed by atoms with van der Waals surface area (Å²) in [6.07, 6.45) is 0.570. The van der Waals surface area contributed by atoms with Crippen LogP contribution in [0.25, 0.3) is 0 Å². The van der Waals surface area contributed by atoms with Crippen molar-refractivity contribution in [1.82, 2.24) is 0 Å². The van der Waals surface area contributed by atoms with Gasteiger partial charge in [0.1, 0.15) is 11.9 Å². The monoisotopic (exact) mass is 285 g/mol. The summed E-state index contributed by atoms with van der Waals surface area (Å²) < 4.78 is 17.0. The highest BCUT2D eigenvalue weighted by Crippen LogP contribution is 2.44. The molecule has 0 fully saturated rings. The van der Waals surface area contributed by atoms with Gasteiger partial charge in [-0.3, -0.25) is 0 Å². The van der Waals surface area contributed by atoms with Crippen LogP contribution in [0, 0.1) is 0 Å². The van der Waals surface area contributed by atoms with E-state index in [2.05, 4.69) is 0 Å². The number of nitrogens with two attached hydrogens (primary N) is 1. The zero-order valence-electron chi connectivity index (χ0n) is 12.2. The molecular formula is C17H19NO3. The molecule has 0 aliphatic carbocycles. The van der Waals surface area contributed by atoms with Gasteiger partial charge in [-0.2, -0.15) is 0 Å². The van der Waals surface area contributed by atoms with Gasteiger partial charge in [0.15, 0.2) is 11.5 Å². The lowest BCUT2D eigenvalue weighted by molar-refractivity contribution is 0.157. The molecule has 1 unspecified atom stereocenters. The van der Waals surface area contributed by atoms with Crippen LogP contribution in [0.4, 0.5) is 0 Å². The predicted octanol–water partition coefficient (Wildman–Crippen LogP) is 3.23. The first-order valence-electron chi connectivity index (χ1n) is 6.96. The summed E-state index contributed by atoms with van der Waals surface area (Å²) in [5.74, 6) is 2.24. The normalized spacial score (nSPS) is 20.3. The molecule has 0 saturated heterocycles. The minimum absolute atomic E-state index is 0.0455. The topological polar surface area (TPSA) is 53.7 Å². The highest BCUT2D eigenvalue weighted by molar-refractivity contribution is 5.49. The van der Waals surface area contributed by atoms with E-state index in [-0.39, 0.29) is 12.1 Å². The third kappa shape index (κ3) is 2.43. The molecule has 4 heteroatoms. The molecule has 4 nitrogen and oxygen atoms in total. The van der Waals surface area contributed by atoms with Crippen molar-refractivity contribution in [1.29, 1.82) is 0 Å². The summed E-state index contributed by atoms with van der Waals surface area (Å²) in [5, 5.41) is 0. The van der Waals surface area contributed by atoms with Gasteiger partial charge < -0.3 is 19.9 Å². The van der Waals surface area contributed by atoms with Crippen molar-refractivity contribution < 1.29 is 14.2 Å². The van der Waals surface area contributed by atoms with E-state index in [4.69, 9.17) is 19.9 Å². The quantitative estimate of drug-likeness (QED) is 0.940. The number of hydrogen-bond donors (Lipinski definition) is 1. The lowest BCUT2D eigenvalue weighted by atomic mass is 9.93. The van der Waals surface area contributed by atoms with Crippen LogP contribution in [0.15, 0.2) is 42.5 Å². The molecule has 1 aliphatic rings. The minimum Gasteiger partial charge on any atom is -0.493 e. The van der Waals surface area contributed by atoms with Crippen molar-refractivity contribution in [3.05, 3.63) is 53.6 Å². The van der Waals surface area contributed by atoms with E-state index in [1.807, 2.05) is 42.5 Å². The van der Waals surface area contributed by atoms with Crippen LogP contribution >= 0.6 is 0 Å². The lowest BCUT2D eigenvalue weighted by Crippen LogP contribution is -2.24. The van der Waals surface area contributed by atoms with E-state index in [1.54, 1.807) is 14.2 Å². The Morgan fingerprint density at radius 1 is 1.00 bits per heavy atom. The van der Waals surface area contributed by atoms with Crippen LogP contribution in [0.2, 0.25) is 0 Å². The summed E-state index contributed by atoms with van der Waals surface area (Å²) in [4.78, 5) is 0. The first-order chi connectivity index (χ1) is 10.2. The number of benzene rings is 2. The maximum atomic E-state index is 6.28. The molecule has 0 radical (unpaired) electrons. The standard InChI is InChI=1S/C17H19NO3/c1-19-15-9-5-7-12(17(15)20-2)16-10-13(18)11-6-3-4-8-14(11)21-16/h3-9,13,16H,10,18H2,1-2H3/t13-,16?/m1/s1. The maximum absolute atomic E-state index is 6.28. The summed E-state index contributed by atoms with van der Waals surface area (Å²) >= 11 is 0. The second-order valence-electron chi connectivity index (χ2n) is 5.07. The van der Waals surface area contributed by atoms with Crippen LogP contribution in [0.3, 0.4) is 0 Å². The summed E-state index contributed by atoms with van der Waals surface area (Å²) in [7, 11) is 3.27. The average Bonchev–Trinajstić information content (AvgIpc) is 2.54. The molecular weight excluding hydrogens is 266 g/mol. The van der Waals surface area contributed by atoms with E-state index < -0.39 is 0 Å². The van der Waals surface area contributed by atoms with Crippen molar-refractivity contribution in [2.75, 3.05) is 14.2 Å². The van der Waals surface area contributed by atoms with E-state index in [1.165, 1.54) is 0 Å². The van der Waals surface area contributed by atoms with Crippen LogP contribution in [-0.2, 0) is 0 Å². The van der Waals surface area contributed by atoms with Gasteiger partial charge in [0.05, 0.1) is 14.2 Å². The van der Waals surface area contributed by atoms with Crippen molar-refractivity contribution in [3.8, 4) is 17.2 Å². The molecule has 110 valence electrons. The van der Waals surface area contributed by atoms with E-state index >= 15 is 0 Å². The summed E-state index contributed by atoms with van der Waals surface area (Å²) in [6, 6.07) is 13.7. The van der Waals surface area contributed by atoms with Gasteiger partial charge in [-0.25, -0.2) is 0 Å². The number of fused-ring (bicyclic) bond motifs is 1. The Morgan fingerprint density at radius 2 is 1.76 bits per heavy atom. The molecule has 2 N–H and O–H groups in total. The highest BCUT2D eigenvalue weighted by Gasteiger charge is 2.29. The summed E-state index contributed by atoms with van der Waals surface area (Å²) in [5.41, 5.74) is 8.30. The zero-order valence-corrected chi connectivity index (χ0v) is 12.2. The van der Waals surface area contributed by atoms with Gasteiger partial charge in [-0.05, 0) is 12.1 Å². The van der Waals surface area contributed by atoms with Crippen LogP contribution < -0.4 is 19.9 Å². The largest absolute Gasteiger partial charge is 0.493 e. The lowest BCUT2D eigenvalue weighted by Gasteiger charge is -2.31. The fourth-order valence-electron chi connectivity index (χ4n) is 2.81. The van der Waals surface area contributed by atoms with E-state index in [0.717, 1.165) is 16.9 Å². The van der Waals surface area contributed by atoms with Crippen LogP contribution in [0.1, 0.15) is 29.7 Å². The molecule has 3 rings (SSSR count). The molecule has 2 aromatic rings. The summed E-state index contributed by atoms with van der Waals surface area (Å²) in [6.45, 7) is 0. The third-order valence-corrected chi connectivity index (χ3v) is 3.84. The van der Waals surface area contributed by atoms with Crippen molar-refractivity contribution in [2.24, 2.45) is 5.73 Å². The van der Waals surface area contributed by atoms with Crippen molar-refractivity contribution in [2.45, 2.75) is 18.6 Å². The maximum Gasteiger partial charge on any atom is 0.167 e. The molecule has 0 amide bonds. The molecule has 0 bridgehead atoms. The molecule has 1 heterocycles. The van der Waals surface area contributed by atoms with Gasteiger partial charge in [0.2, 0.25) is 0 Å². The molecule has 1 aliphatic heterocycles. The Labute approximate surface area is 124 Å². The highest BCUT2D eigenvalue weighted by atomic mass is 16.5. The number of para-hydroxylation sites is 2. The SMILES string of the molecule is COc1cccc(C2C[C@@H](N)c3ccccc3O2)c1OC. The first kappa shape index (κ1) is 13.8. The number of ether oxygens (including phenoxy) is 3. The Balaban J connectivity index is 2.00. The number of hydrogen-bond acceptors (Lipinski definition) is 4. The molecule has 0 spiro atoms. The first-order valence-corrected chi connectivity index (χ1v) is 6.96. The van der Waals surface area contributed by atoms with Gasteiger partial charge in [-0.15, -0.1) is 0 Å². The molecule has 2 atom stereocenters. The number of rotatable bonds is 3. The van der Waals surface area contributed by atoms with Crippen molar-refractivity contribution in [3.63, 3.8) is 0 Å². The Hall–Kier alpha value is -2.20. The minimum atomic E-state index is -0.139. The molecule has 0 saturated carbocycles. The second kappa shape index (κ2) is 5.66. The van der Waals surface area contributed by atoms with Crippen LogP contribution in [0.5, 0.6) is 17.2 Å². The Kier molecular flexibility index (Phi) is 3.71. The predicted molar refractivity (Wildman–Crippen MR) is 80.9 cm³/mol. The Morgan fingerprint density at radius 3 is 2.52 bits per heavy atom. The average molecular weight is 285 g/mol. The van der Waals surface area contributed by atoms with Crippen molar-refractivity contribution >= 4 is 0 Å². The van der Waals surface area contributed by atoms with Gasteiger partial charge in [0.25, 0.3) is 0 Å². The van der Waals surface area contributed by atoms with Gasteiger partial charge >= 0.3 is 0 Å².